The smallest absolute Gasteiger partial charge is 0.241 e. The molecule has 3 heteroatoms. The lowest BCUT2D eigenvalue weighted by molar-refractivity contribution is -0.118. The van der Waals surface area contributed by atoms with Crippen LogP contribution in [-0.4, -0.2) is 11.9 Å². The largest absolute Gasteiger partial charge is 0.325 e. The summed E-state index contributed by atoms with van der Waals surface area (Å²) >= 11 is 0. The molecule has 0 fully saturated rings. The Morgan fingerprint density at radius 2 is 1.88 bits per heavy atom. The lowest BCUT2D eigenvalue weighted by Gasteiger charge is -2.15. The fraction of sp³-hybridized carbons (Fsp3) is 0.462. The second kappa shape index (κ2) is 5.12. The molecular weight excluding hydrogens is 200 g/mol. The van der Waals surface area contributed by atoms with Crippen molar-refractivity contribution in [3.8, 4) is 0 Å². The molecule has 1 aromatic rings. The first kappa shape index (κ1) is 12.7. The number of hydrogen-bond acceptors (Lipinski definition) is 2. The summed E-state index contributed by atoms with van der Waals surface area (Å²) in [4.78, 5) is 11.7. The van der Waals surface area contributed by atoms with E-state index < -0.39 is 6.04 Å². The summed E-state index contributed by atoms with van der Waals surface area (Å²) in [5.74, 6) is 0.0183. The van der Waals surface area contributed by atoms with Gasteiger partial charge in [0.25, 0.3) is 0 Å². The Bertz CT molecular complexity index is 386. The van der Waals surface area contributed by atoms with Crippen molar-refractivity contribution in [2.75, 3.05) is 5.32 Å². The fourth-order valence-corrected chi connectivity index (χ4v) is 1.35. The molecule has 16 heavy (non-hydrogen) atoms. The van der Waals surface area contributed by atoms with Crippen LogP contribution in [0, 0.1) is 19.8 Å². The number of aryl methyl sites for hydroxylation is 2. The van der Waals surface area contributed by atoms with Crippen LogP contribution in [0.2, 0.25) is 0 Å². The highest BCUT2D eigenvalue weighted by Crippen LogP contribution is 2.14. The second-order valence-corrected chi connectivity index (χ2v) is 4.56. The predicted molar refractivity (Wildman–Crippen MR) is 67.4 cm³/mol. The zero-order chi connectivity index (χ0) is 12.3. The third-order valence-corrected chi connectivity index (χ3v) is 2.80. The van der Waals surface area contributed by atoms with Gasteiger partial charge in [0, 0.05) is 5.69 Å². The summed E-state index contributed by atoms with van der Waals surface area (Å²) in [5, 5.41) is 2.83. The molecule has 0 unspecified atom stereocenters. The summed E-state index contributed by atoms with van der Waals surface area (Å²) < 4.78 is 0. The fourth-order valence-electron chi connectivity index (χ4n) is 1.35. The molecule has 3 nitrogen and oxygen atoms in total. The SMILES string of the molecule is Cc1ccc(NC(=O)[C@@H](N)C(C)C)cc1C. The van der Waals surface area contributed by atoms with Crippen molar-refractivity contribution in [1.82, 2.24) is 0 Å². The van der Waals surface area contributed by atoms with Gasteiger partial charge in [-0.2, -0.15) is 0 Å². The summed E-state index contributed by atoms with van der Waals surface area (Å²) in [6, 6.07) is 5.39. The number of nitrogens with one attached hydrogen (secondary N) is 1. The van der Waals surface area contributed by atoms with E-state index in [9.17, 15) is 4.79 Å². The molecule has 88 valence electrons. The molecule has 1 aromatic carbocycles. The van der Waals surface area contributed by atoms with Crippen molar-refractivity contribution in [3.63, 3.8) is 0 Å². The van der Waals surface area contributed by atoms with Crippen LogP contribution in [0.3, 0.4) is 0 Å². The Balaban J connectivity index is 2.74. The van der Waals surface area contributed by atoms with E-state index in [2.05, 4.69) is 5.32 Å². The Morgan fingerprint density at radius 3 is 2.38 bits per heavy atom. The monoisotopic (exact) mass is 220 g/mol. The van der Waals surface area contributed by atoms with E-state index in [0.29, 0.717) is 0 Å². The van der Waals surface area contributed by atoms with Crippen LogP contribution in [-0.2, 0) is 4.79 Å². The van der Waals surface area contributed by atoms with Gasteiger partial charge >= 0.3 is 0 Å². The van der Waals surface area contributed by atoms with Gasteiger partial charge in [0.05, 0.1) is 6.04 Å². The summed E-state index contributed by atoms with van der Waals surface area (Å²) in [6.07, 6.45) is 0. The lowest BCUT2D eigenvalue weighted by atomic mass is 10.0. The Morgan fingerprint density at radius 1 is 1.25 bits per heavy atom. The number of anilines is 1. The lowest BCUT2D eigenvalue weighted by Crippen LogP contribution is -2.39. The van der Waals surface area contributed by atoms with Gasteiger partial charge in [0.15, 0.2) is 0 Å². The Labute approximate surface area is 97.0 Å². The number of hydrogen-bond donors (Lipinski definition) is 2. The van der Waals surface area contributed by atoms with Crippen molar-refractivity contribution in [2.24, 2.45) is 11.7 Å². The molecule has 0 radical (unpaired) electrons. The highest BCUT2D eigenvalue weighted by molar-refractivity contribution is 5.94. The third-order valence-electron chi connectivity index (χ3n) is 2.80. The molecular formula is C13H20N2O. The maximum atomic E-state index is 11.7. The van der Waals surface area contributed by atoms with Gasteiger partial charge in [-0.25, -0.2) is 0 Å². The molecule has 3 N–H and O–H groups in total. The van der Waals surface area contributed by atoms with Gasteiger partial charge in [0.1, 0.15) is 0 Å². The van der Waals surface area contributed by atoms with Crippen molar-refractivity contribution in [2.45, 2.75) is 33.7 Å². The van der Waals surface area contributed by atoms with Crippen molar-refractivity contribution < 1.29 is 4.79 Å². The Kier molecular flexibility index (Phi) is 4.07. The van der Waals surface area contributed by atoms with Crippen LogP contribution in [0.5, 0.6) is 0 Å². The van der Waals surface area contributed by atoms with Crippen LogP contribution in [0.1, 0.15) is 25.0 Å². The highest BCUT2D eigenvalue weighted by Gasteiger charge is 2.17. The van der Waals surface area contributed by atoms with Crippen molar-refractivity contribution in [1.29, 1.82) is 0 Å². The van der Waals surface area contributed by atoms with E-state index in [4.69, 9.17) is 5.73 Å². The number of benzene rings is 1. The van der Waals surface area contributed by atoms with Crippen LogP contribution in [0.4, 0.5) is 5.69 Å². The molecule has 0 aliphatic heterocycles. The number of carbonyl (C=O) groups is 1. The average Bonchev–Trinajstić information content (AvgIpc) is 2.22. The van der Waals surface area contributed by atoms with Crippen molar-refractivity contribution in [3.05, 3.63) is 29.3 Å². The number of rotatable bonds is 3. The van der Waals surface area contributed by atoms with Gasteiger partial charge in [-0.3, -0.25) is 4.79 Å². The molecule has 0 bridgehead atoms. The molecule has 1 rings (SSSR count). The molecule has 0 saturated carbocycles. The summed E-state index contributed by atoms with van der Waals surface area (Å²) in [6.45, 7) is 7.93. The molecule has 0 heterocycles. The Hall–Kier alpha value is -1.35. The van der Waals surface area contributed by atoms with Gasteiger partial charge in [-0.15, -0.1) is 0 Å². The van der Waals surface area contributed by atoms with E-state index >= 15 is 0 Å². The molecule has 1 amide bonds. The zero-order valence-corrected chi connectivity index (χ0v) is 10.4. The highest BCUT2D eigenvalue weighted by atomic mass is 16.2. The van der Waals surface area contributed by atoms with Crippen LogP contribution < -0.4 is 11.1 Å². The molecule has 0 spiro atoms. The first-order chi connectivity index (χ1) is 7.41. The first-order valence-corrected chi connectivity index (χ1v) is 5.55. The minimum absolute atomic E-state index is 0.127. The van der Waals surface area contributed by atoms with Gasteiger partial charge < -0.3 is 11.1 Å². The van der Waals surface area contributed by atoms with Crippen LogP contribution >= 0.6 is 0 Å². The van der Waals surface area contributed by atoms with E-state index in [1.165, 1.54) is 5.56 Å². The van der Waals surface area contributed by atoms with E-state index in [1.54, 1.807) is 0 Å². The second-order valence-electron chi connectivity index (χ2n) is 4.56. The van der Waals surface area contributed by atoms with Gasteiger partial charge in [-0.05, 0) is 43.0 Å². The quantitative estimate of drug-likeness (QED) is 0.820. The van der Waals surface area contributed by atoms with E-state index in [0.717, 1.165) is 11.3 Å². The molecule has 0 aliphatic carbocycles. The first-order valence-electron chi connectivity index (χ1n) is 5.55. The van der Waals surface area contributed by atoms with E-state index in [-0.39, 0.29) is 11.8 Å². The summed E-state index contributed by atoms with van der Waals surface area (Å²) in [5.41, 5.74) is 8.95. The standard InChI is InChI=1S/C13H20N2O/c1-8(2)12(14)13(16)15-11-6-5-9(3)10(4)7-11/h5-8,12H,14H2,1-4H3,(H,15,16)/t12-/m0/s1. The predicted octanol–water partition coefficient (Wildman–Crippen LogP) is 2.23. The number of amides is 1. The number of carbonyl (C=O) groups excluding carboxylic acids is 1. The minimum atomic E-state index is -0.457. The molecule has 1 atom stereocenters. The van der Waals surface area contributed by atoms with Gasteiger partial charge in [0.2, 0.25) is 5.91 Å². The summed E-state index contributed by atoms with van der Waals surface area (Å²) in [7, 11) is 0. The molecule has 0 saturated heterocycles. The molecule has 0 aromatic heterocycles. The third kappa shape index (κ3) is 3.07. The number of nitrogens with two attached hydrogens (primary N) is 1. The zero-order valence-electron chi connectivity index (χ0n) is 10.4. The topological polar surface area (TPSA) is 55.1 Å². The van der Waals surface area contributed by atoms with Crippen molar-refractivity contribution >= 4 is 11.6 Å². The molecule has 0 aliphatic rings. The van der Waals surface area contributed by atoms with Crippen LogP contribution in [0.25, 0.3) is 0 Å². The van der Waals surface area contributed by atoms with E-state index in [1.807, 2.05) is 45.9 Å². The maximum absolute atomic E-state index is 11.7. The van der Waals surface area contributed by atoms with Crippen LogP contribution in [0.15, 0.2) is 18.2 Å². The maximum Gasteiger partial charge on any atom is 0.241 e. The van der Waals surface area contributed by atoms with Gasteiger partial charge in [-0.1, -0.05) is 19.9 Å². The minimum Gasteiger partial charge on any atom is -0.325 e. The average molecular weight is 220 g/mol. The normalized spacial score (nSPS) is 12.6.